The number of amides is 2. The molecule has 1 atom stereocenters. The Hall–Kier alpha value is -1.51. The Morgan fingerprint density at radius 2 is 1.53 bits per heavy atom. The SMILES string of the molecule is NCC(=O)N(C(=O)CN)[C@@H](CO)C(=O)O. The minimum atomic E-state index is -1.64. The average Bonchev–Trinajstić information content (AvgIpc) is 2.23. The number of carboxylic acid groups (broad SMARTS) is 1. The minimum absolute atomic E-state index is 0.363. The third-order valence-electron chi connectivity index (χ3n) is 1.66. The summed E-state index contributed by atoms with van der Waals surface area (Å²) in [5.41, 5.74) is 10.00. The summed E-state index contributed by atoms with van der Waals surface area (Å²) in [6, 6.07) is -1.64. The standard InChI is InChI=1S/C7H13N3O5/c8-1-5(12)10(6(13)2-9)4(3-11)7(14)15/h4,11H,1-3,8-9H2,(H,14,15)/t4-/m0/s1. The molecule has 8 heteroatoms. The van der Waals surface area contributed by atoms with Gasteiger partial charge in [0, 0.05) is 0 Å². The highest BCUT2D eigenvalue weighted by Crippen LogP contribution is 2.00. The van der Waals surface area contributed by atoms with Gasteiger partial charge in [-0.2, -0.15) is 0 Å². The van der Waals surface area contributed by atoms with Crippen molar-refractivity contribution in [1.82, 2.24) is 4.90 Å². The average molecular weight is 219 g/mol. The molecule has 0 saturated carbocycles. The van der Waals surface area contributed by atoms with E-state index in [0.717, 1.165) is 0 Å². The predicted molar refractivity (Wildman–Crippen MR) is 48.5 cm³/mol. The smallest absolute Gasteiger partial charge is 0.329 e. The Labute approximate surface area is 85.4 Å². The Morgan fingerprint density at radius 1 is 1.13 bits per heavy atom. The number of aliphatic hydroxyl groups excluding tert-OH is 1. The van der Waals surface area contributed by atoms with Gasteiger partial charge in [0.15, 0.2) is 6.04 Å². The molecule has 0 heterocycles. The van der Waals surface area contributed by atoms with Gasteiger partial charge in [0.1, 0.15) is 0 Å². The van der Waals surface area contributed by atoms with Gasteiger partial charge in [-0.3, -0.25) is 14.5 Å². The molecule has 2 amide bonds. The Morgan fingerprint density at radius 3 is 1.73 bits per heavy atom. The zero-order chi connectivity index (χ0) is 12.0. The van der Waals surface area contributed by atoms with E-state index in [4.69, 9.17) is 21.7 Å². The third-order valence-corrected chi connectivity index (χ3v) is 1.66. The molecular formula is C7H13N3O5. The maximum absolute atomic E-state index is 11.2. The molecule has 0 aliphatic heterocycles. The van der Waals surface area contributed by atoms with E-state index in [1.807, 2.05) is 0 Å². The van der Waals surface area contributed by atoms with E-state index in [1.54, 1.807) is 0 Å². The number of carbonyl (C=O) groups is 3. The van der Waals surface area contributed by atoms with Crippen LogP contribution in [0.15, 0.2) is 0 Å². The number of nitrogens with zero attached hydrogens (tertiary/aromatic N) is 1. The number of hydrogen-bond donors (Lipinski definition) is 4. The normalized spacial score (nSPS) is 11.9. The molecule has 6 N–H and O–H groups in total. The number of rotatable bonds is 5. The molecule has 0 radical (unpaired) electrons. The molecular weight excluding hydrogens is 206 g/mol. The number of carbonyl (C=O) groups excluding carboxylic acids is 2. The molecule has 0 unspecified atom stereocenters. The largest absolute Gasteiger partial charge is 0.480 e. The second kappa shape index (κ2) is 6.06. The van der Waals surface area contributed by atoms with E-state index in [-0.39, 0.29) is 0 Å². The summed E-state index contributed by atoms with van der Waals surface area (Å²) in [6.45, 7) is -1.95. The molecule has 0 aromatic carbocycles. The van der Waals surface area contributed by atoms with Crippen molar-refractivity contribution < 1.29 is 24.6 Å². The van der Waals surface area contributed by atoms with E-state index in [0.29, 0.717) is 4.90 Å². The first-order valence-corrected chi connectivity index (χ1v) is 4.08. The van der Waals surface area contributed by atoms with Gasteiger partial charge in [0.2, 0.25) is 11.8 Å². The van der Waals surface area contributed by atoms with Crippen LogP contribution in [0.4, 0.5) is 0 Å². The van der Waals surface area contributed by atoms with Gasteiger partial charge in [-0.1, -0.05) is 0 Å². The summed E-state index contributed by atoms with van der Waals surface area (Å²) in [6.07, 6.45) is 0. The first-order chi connectivity index (χ1) is 6.99. The summed E-state index contributed by atoms with van der Waals surface area (Å²) in [7, 11) is 0. The monoisotopic (exact) mass is 219 g/mol. The van der Waals surface area contributed by atoms with Crippen LogP contribution in [0.2, 0.25) is 0 Å². The van der Waals surface area contributed by atoms with E-state index < -0.39 is 43.5 Å². The highest BCUT2D eigenvalue weighted by molar-refractivity contribution is 6.00. The van der Waals surface area contributed by atoms with Crippen LogP contribution in [0.1, 0.15) is 0 Å². The van der Waals surface area contributed by atoms with Gasteiger partial charge in [0.25, 0.3) is 0 Å². The van der Waals surface area contributed by atoms with Crippen LogP contribution in [0.5, 0.6) is 0 Å². The molecule has 0 aliphatic carbocycles. The number of aliphatic carboxylic acids is 1. The fourth-order valence-corrected chi connectivity index (χ4v) is 0.954. The van der Waals surface area contributed by atoms with Crippen molar-refractivity contribution in [2.75, 3.05) is 19.7 Å². The first-order valence-electron chi connectivity index (χ1n) is 4.08. The van der Waals surface area contributed by atoms with Gasteiger partial charge in [-0.05, 0) is 0 Å². The van der Waals surface area contributed by atoms with Crippen molar-refractivity contribution in [2.24, 2.45) is 11.5 Å². The summed E-state index contributed by atoms with van der Waals surface area (Å²) < 4.78 is 0. The zero-order valence-electron chi connectivity index (χ0n) is 7.92. The van der Waals surface area contributed by atoms with Crippen molar-refractivity contribution in [3.05, 3.63) is 0 Å². The number of carboxylic acids is 1. The lowest BCUT2D eigenvalue weighted by molar-refractivity contribution is -0.158. The molecule has 0 aliphatic rings. The molecule has 0 bridgehead atoms. The summed E-state index contributed by atoms with van der Waals surface area (Å²) in [5.74, 6) is -3.29. The lowest BCUT2D eigenvalue weighted by atomic mass is 10.2. The van der Waals surface area contributed by atoms with Crippen LogP contribution >= 0.6 is 0 Å². The van der Waals surface area contributed by atoms with Crippen LogP contribution in [0.25, 0.3) is 0 Å². The van der Waals surface area contributed by atoms with Crippen molar-refractivity contribution in [1.29, 1.82) is 0 Å². The lowest BCUT2D eigenvalue weighted by Crippen LogP contribution is -2.54. The lowest BCUT2D eigenvalue weighted by Gasteiger charge is -2.24. The van der Waals surface area contributed by atoms with E-state index in [1.165, 1.54) is 0 Å². The maximum atomic E-state index is 11.2. The minimum Gasteiger partial charge on any atom is -0.480 e. The van der Waals surface area contributed by atoms with Crippen LogP contribution in [-0.2, 0) is 14.4 Å². The molecule has 86 valence electrons. The van der Waals surface area contributed by atoms with Crippen molar-refractivity contribution in [3.63, 3.8) is 0 Å². The van der Waals surface area contributed by atoms with E-state index >= 15 is 0 Å². The third kappa shape index (κ3) is 3.27. The van der Waals surface area contributed by atoms with Crippen LogP contribution < -0.4 is 11.5 Å². The van der Waals surface area contributed by atoms with Crippen LogP contribution in [0, 0.1) is 0 Å². The van der Waals surface area contributed by atoms with Gasteiger partial charge in [-0.15, -0.1) is 0 Å². The topological polar surface area (TPSA) is 147 Å². The Balaban J connectivity index is 4.98. The molecule has 0 rings (SSSR count). The molecule has 15 heavy (non-hydrogen) atoms. The summed E-state index contributed by atoms with van der Waals surface area (Å²) in [4.78, 5) is 33.3. The van der Waals surface area contributed by atoms with Gasteiger partial charge < -0.3 is 21.7 Å². The molecule has 0 fully saturated rings. The number of hydrogen-bond acceptors (Lipinski definition) is 6. The highest BCUT2D eigenvalue weighted by Gasteiger charge is 2.32. The Bertz CT molecular complexity index is 251. The molecule has 0 saturated heterocycles. The Kier molecular flexibility index (Phi) is 5.45. The van der Waals surface area contributed by atoms with Gasteiger partial charge >= 0.3 is 5.97 Å². The number of nitrogens with two attached hydrogens (primary N) is 2. The molecule has 8 nitrogen and oxygen atoms in total. The second-order valence-electron chi connectivity index (χ2n) is 2.60. The van der Waals surface area contributed by atoms with E-state index in [9.17, 15) is 14.4 Å². The highest BCUT2D eigenvalue weighted by atomic mass is 16.4. The van der Waals surface area contributed by atoms with Gasteiger partial charge in [0.05, 0.1) is 19.7 Å². The maximum Gasteiger partial charge on any atom is 0.329 e. The molecule has 0 aromatic heterocycles. The van der Waals surface area contributed by atoms with Crippen LogP contribution in [0.3, 0.4) is 0 Å². The summed E-state index contributed by atoms with van der Waals surface area (Å²) >= 11 is 0. The fraction of sp³-hybridized carbons (Fsp3) is 0.571. The van der Waals surface area contributed by atoms with Gasteiger partial charge in [-0.25, -0.2) is 4.79 Å². The number of imide groups is 1. The molecule has 0 aromatic rings. The van der Waals surface area contributed by atoms with Crippen molar-refractivity contribution in [2.45, 2.75) is 6.04 Å². The first kappa shape index (κ1) is 13.5. The fourth-order valence-electron chi connectivity index (χ4n) is 0.954. The van der Waals surface area contributed by atoms with Crippen molar-refractivity contribution in [3.8, 4) is 0 Å². The molecule has 0 spiro atoms. The number of aliphatic hydroxyl groups is 1. The second-order valence-corrected chi connectivity index (χ2v) is 2.60. The van der Waals surface area contributed by atoms with E-state index in [2.05, 4.69) is 0 Å². The predicted octanol–water partition coefficient (Wildman–Crippen LogP) is -3.30. The van der Waals surface area contributed by atoms with Crippen molar-refractivity contribution >= 4 is 17.8 Å². The quantitative estimate of drug-likeness (QED) is 0.378. The van der Waals surface area contributed by atoms with Crippen LogP contribution in [-0.4, -0.2) is 58.6 Å². The zero-order valence-corrected chi connectivity index (χ0v) is 7.92. The summed E-state index contributed by atoms with van der Waals surface area (Å²) in [5, 5.41) is 17.4.